The minimum absolute atomic E-state index is 0.109. The van der Waals surface area contributed by atoms with Crippen molar-refractivity contribution < 1.29 is 38.1 Å². The zero-order chi connectivity index (χ0) is 19.5. The van der Waals surface area contributed by atoms with Crippen molar-refractivity contribution in [3.05, 3.63) is 0 Å². The van der Waals surface area contributed by atoms with E-state index >= 15 is 0 Å². The Balaban J connectivity index is 2.30. The summed E-state index contributed by atoms with van der Waals surface area (Å²) in [6.45, 7) is 7.71. The lowest BCUT2D eigenvalue weighted by Gasteiger charge is -2.36. The largest absolute Gasteiger partial charge is 0.465 e. The minimum atomic E-state index is -0.896. The summed E-state index contributed by atoms with van der Waals surface area (Å²) >= 11 is 0. The van der Waals surface area contributed by atoms with E-state index in [1.807, 2.05) is 0 Å². The van der Waals surface area contributed by atoms with Crippen LogP contribution in [0.25, 0.3) is 0 Å². The lowest BCUT2D eigenvalue weighted by molar-refractivity contribution is -0.189. The van der Waals surface area contributed by atoms with E-state index in [-0.39, 0.29) is 18.5 Å². The van der Waals surface area contributed by atoms with Crippen molar-refractivity contribution >= 4 is 17.9 Å². The van der Waals surface area contributed by atoms with Crippen LogP contribution in [0.1, 0.15) is 53.9 Å². The number of ether oxygens (including phenoxy) is 5. The van der Waals surface area contributed by atoms with E-state index in [0.717, 1.165) is 0 Å². The van der Waals surface area contributed by atoms with Crippen LogP contribution < -0.4 is 0 Å². The van der Waals surface area contributed by atoms with E-state index in [1.54, 1.807) is 13.8 Å². The first-order valence-corrected chi connectivity index (χ1v) is 8.92. The van der Waals surface area contributed by atoms with Gasteiger partial charge in [0.1, 0.15) is 12.2 Å². The van der Waals surface area contributed by atoms with Gasteiger partial charge in [0.25, 0.3) is 0 Å². The monoisotopic (exact) mass is 372 g/mol. The molecule has 0 bridgehead atoms. The molecule has 0 aromatic heterocycles. The number of carbonyl (C=O) groups is 3. The predicted octanol–water partition coefficient (Wildman–Crippen LogP) is 1.73. The Morgan fingerprint density at radius 1 is 0.923 bits per heavy atom. The number of fused-ring (bicyclic) bond motifs is 1. The molecule has 1 aliphatic heterocycles. The van der Waals surface area contributed by atoms with Gasteiger partial charge >= 0.3 is 17.9 Å². The molecule has 2 aliphatic rings. The van der Waals surface area contributed by atoms with Crippen LogP contribution in [-0.4, -0.2) is 54.7 Å². The Morgan fingerprint density at radius 3 is 2.12 bits per heavy atom. The summed E-state index contributed by atoms with van der Waals surface area (Å²) in [4.78, 5) is 34.4. The van der Waals surface area contributed by atoms with Gasteiger partial charge in [-0.1, -0.05) is 0 Å². The molecule has 0 unspecified atom stereocenters. The van der Waals surface area contributed by atoms with Crippen molar-refractivity contribution in [1.82, 2.24) is 0 Å². The third-order valence-corrected chi connectivity index (χ3v) is 4.50. The fourth-order valence-electron chi connectivity index (χ4n) is 3.63. The van der Waals surface area contributed by atoms with Crippen molar-refractivity contribution in [2.75, 3.05) is 6.61 Å². The molecule has 1 saturated carbocycles. The predicted molar refractivity (Wildman–Crippen MR) is 88.9 cm³/mol. The third-order valence-electron chi connectivity index (χ3n) is 4.50. The Morgan fingerprint density at radius 2 is 1.54 bits per heavy atom. The van der Waals surface area contributed by atoms with Crippen molar-refractivity contribution in [3.8, 4) is 0 Å². The summed E-state index contributed by atoms with van der Waals surface area (Å²) in [6.07, 6.45) is -0.556. The first-order valence-electron chi connectivity index (χ1n) is 8.92. The summed E-state index contributed by atoms with van der Waals surface area (Å²) < 4.78 is 28.2. The second kappa shape index (κ2) is 8.35. The second-order valence-corrected chi connectivity index (χ2v) is 7.28. The quantitative estimate of drug-likeness (QED) is 0.544. The maximum absolute atomic E-state index is 11.7. The topological polar surface area (TPSA) is 97.4 Å². The highest BCUT2D eigenvalue weighted by molar-refractivity contribution is 5.67. The molecular weight excluding hydrogens is 344 g/mol. The molecule has 8 nitrogen and oxygen atoms in total. The van der Waals surface area contributed by atoms with Crippen molar-refractivity contribution in [1.29, 1.82) is 0 Å². The first-order chi connectivity index (χ1) is 12.1. The molecule has 0 aromatic rings. The van der Waals surface area contributed by atoms with E-state index in [4.69, 9.17) is 23.7 Å². The number of hydrogen-bond acceptors (Lipinski definition) is 8. The number of hydrogen-bond donors (Lipinski definition) is 0. The van der Waals surface area contributed by atoms with Gasteiger partial charge in [-0.3, -0.25) is 14.4 Å². The molecule has 8 heteroatoms. The van der Waals surface area contributed by atoms with E-state index in [1.165, 1.54) is 20.8 Å². The Kier molecular flexibility index (Phi) is 6.63. The van der Waals surface area contributed by atoms with E-state index in [0.29, 0.717) is 19.3 Å². The van der Waals surface area contributed by atoms with Gasteiger partial charge in [0.2, 0.25) is 0 Å². The number of esters is 3. The molecule has 5 atom stereocenters. The molecule has 1 aliphatic carbocycles. The van der Waals surface area contributed by atoms with E-state index in [2.05, 4.69) is 0 Å². The number of carbonyl (C=O) groups excluding carboxylic acids is 3. The summed E-state index contributed by atoms with van der Waals surface area (Å²) in [5.74, 6) is -2.30. The van der Waals surface area contributed by atoms with Gasteiger partial charge in [0.05, 0.1) is 12.7 Å². The smallest absolute Gasteiger partial charge is 0.303 e. The van der Waals surface area contributed by atoms with Gasteiger partial charge in [0, 0.05) is 26.7 Å². The fraction of sp³-hybridized carbons (Fsp3) is 0.833. The van der Waals surface area contributed by atoms with Gasteiger partial charge in [-0.25, -0.2) is 0 Å². The zero-order valence-corrected chi connectivity index (χ0v) is 16.0. The van der Waals surface area contributed by atoms with Crippen LogP contribution in [0.4, 0.5) is 0 Å². The standard InChI is InChI=1S/C18H28O8/c1-10(19)22-9-13-7-6-8-14(23-11(2)20)16(24-12(3)21)17-15(13)25-18(4,5)26-17/h13-17H,6-9H2,1-5H3/t13-,14+,15+,16-,17+/m0/s1. The molecule has 26 heavy (non-hydrogen) atoms. The molecule has 148 valence electrons. The molecule has 0 amide bonds. The third kappa shape index (κ3) is 5.41. The normalized spacial score (nSPS) is 33.3. The van der Waals surface area contributed by atoms with Crippen LogP contribution in [-0.2, 0) is 38.1 Å². The number of rotatable bonds is 4. The molecule has 0 N–H and O–H groups in total. The SMILES string of the molecule is CC(=O)OC[C@@H]1CCC[C@@H](OC(C)=O)[C@H](OC(C)=O)[C@@H]2OC(C)(C)O[C@H]12. The Bertz CT molecular complexity index is 543. The second-order valence-electron chi connectivity index (χ2n) is 7.28. The molecule has 1 saturated heterocycles. The zero-order valence-electron chi connectivity index (χ0n) is 16.0. The summed E-state index contributed by atoms with van der Waals surface area (Å²) in [5, 5.41) is 0. The van der Waals surface area contributed by atoms with Crippen LogP contribution in [0.5, 0.6) is 0 Å². The van der Waals surface area contributed by atoms with Crippen molar-refractivity contribution in [2.45, 2.75) is 84.1 Å². The Labute approximate surface area is 153 Å². The molecule has 0 radical (unpaired) electrons. The van der Waals surface area contributed by atoms with Crippen molar-refractivity contribution in [3.63, 3.8) is 0 Å². The lowest BCUT2D eigenvalue weighted by atomic mass is 9.84. The maximum atomic E-state index is 11.7. The molecule has 0 aromatic carbocycles. The molecule has 1 heterocycles. The van der Waals surface area contributed by atoms with Crippen LogP contribution in [0.15, 0.2) is 0 Å². The van der Waals surface area contributed by atoms with Gasteiger partial charge in [0.15, 0.2) is 11.9 Å². The average Bonchev–Trinajstić information content (AvgIpc) is 2.80. The van der Waals surface area contributed by atoms with Crippen LogP contribution in [0, 0.1) is 5.92 Å². The average molecular weight is 372 g/mol. The highest BCUT2D eigenvalue weighted by Crippen LogP contribution is 2.40. The highest BCUT2D eigenvalue weighted by atomic mass is 16.8. The highest BCUT2D eigenvalue weighted by Gasteiger charge is 2.53. The fourth-order valence-corrected chi connectivity index (χ4v) is 3.63. The molecule has 2 rings (SSSR count). The first kappa shape index (κ1) is 20.6. The van der Waals surface area contributed by atoms with Crippen LogP contribution in [0.2, 0.25) is 0 Å². The summed E-state index contributed by atoms with van der Waals surface area (Å²) in [6, 6.07) is 0. The van der Waals surface area contributed by atoms with Crippen molar-refractivity contribution in [2.24, 2.45) is 5.92 Å². The van der Waals surface area contributed by atoms with Gasteiger partial charge in [-0.05, 0) is 33.1 Å². The summed E-state index contributed by atoms with van der Waals surface area (Å²) in [5.41, 5.74) is 0. The Hall–Kier alpha value is -1.67. The lowest BCUT2D eigenvalue weighted by Crippen LogP contribution is -2.51. The van der Waals surface area contributed by atoms with E-state index in [9.17, 15) is 14.4 Å². The molecule has 0 spiro atoms. The molecular formula is C18H28O8. The van der Waals surface area contributed by atoms with Crippen LogP contribution >= 0.6 is 0 Å². The maximum Gasteiger partial charge on any atom is 0.303 e. The van der Waals surface area contributed by atoms with Gasteiger partial charge < -0.3 is 23.7 Å². The molecule has 2 fully saturated rings. The van der Waals surface area contributed by atoms with Crippen LogP contribution in [0.3, 0.4) is 0 Å². The van der Waals surface area contributed by atoms with Gasteiger partial charge in [-0.2, -0.15) is 0 Å². The van der Waals surface area contributed by atoms with Gasteiger partial charge in [-0.15, -0.1) is 0 Å². The van der Waals surface area contributed by atoms with E-state index < -0.39 is 42.1 Å². The summed E-state index contributed by atoms with van der Waals surface area (Å²) in [7, 11) is 0. The minimum Gasteiger partial charge on any atom is -0.465 e.